The quantitative estimate of drug-likeness (QED) is 0.674. The fourth-order valence-corrected chi connectivity index (χ4v) is 2.44. The van der Waals surface area contributed by atoms with E-state index >= 15 is 0 Å². The van der Waals surface area contributed by atoms with E-state index in [0.29, 0.717) is 13.2 Å². The molecular weight excluding hydrogens is 442 g/mol. The molecule has 1 aromatic carbocycles. The molecule has 0 spiro atoms. The molecule has 24 heavy (non-hydrogen) atoms. The molecule has 2 rings (SSSR count). The highest BCUT2D eigenvalue weighted by atomic mass is 79.9. The highest BCUT2D eigenvalue weighted by Gasteiger charge is 2.33. The smallest absolute Gasteiger partial charge is 0.226 e. The highest BCUT2D eigenvalue weighted by molar-refractivity contribution is 9.10. The minimum Gasteiger partial charge on any atom is -0.493 e. The summed E-state index contributed by atoms with van der Waals surface area (Å²) in [6.45, 7) is 6.67. The molecule has 7 nitrogen and oxygen atoms in total. The second kappa shape index (κ2) is 8.68. The first-order valence-corrected chi connectivity index (χ1v) is 8.08. The van der Waals surface area contributed by atoms with Gasteiger partial charge in [-0.3, -0.25) is 4.84 Å². The summed E-state index contributed by atoms with van der Waals surface area (Å²) in [7, 11) is 0. The summed E-state index contributed by atoms with van der Waals surface area (Å²) in [5.41, 5.74) is 10.8. The van der Waals surface area contributed by atoms with Gasteiger partial charge in [0.15, 0.2) is 5.66 Å². The van der Waals surface area contributed by atoms with Crippen LogP contribution in [0.4, 0.5) is 0 Å². The van der Waals surface area contributed by atoms with Gasteiger partial charge in [-0.15, -0.1) is 17.0 Å². The molecule has 0 radical (unpaired) electrons. The molecule has 0 bridgehead atoms. The van der Waals surface area contributed by atoms with Gasteiger partial charge in [0.05, 0.1) is 13.2 Å². The van der Waals surface area contributed by atoms with Gasteiger partial charge in [-0.2, -0.15) is 10.1 Å². The third kappa shape index (κ3) is 5.64. The van der Waals surface area contributed by atoms with E-state index in [1.807, 2.05) is 45.0 Å². The normalized spacial score (nSPS) is 17.4. The summed E-state index contributed by atoms with van der Waals surface area (Å²) < 4.78 is 6.73. The van der Waals surface area contributed by atoms with Crippen LogP contribution in [-0.4, -0.2) is 35.9 Å². The molecule has 0 amide bonds. The van der Waals surface area contributed by atoms with E-state index in [1.54, 1.807) is 0 Å². The number of hydroxylamine groups is 2. The molecule has 134 valence electrons. The fraction of sp³-hybridized carbons (Fsp3) is 0.467. The lowest BCUT2D eigenvalue weighted by Crippen LogP contribution is -2.54. The van der Waals surface area contributed by atoms with E-state index in [-0.39, 0.29) is 34.8 Å². The number of halogens is 2. The van der Waals surface area contributed by atoms with Crippen LogP contribution in [0.1, 0.15) is 20.8 Å². The first-order chi connectivity index (χ1) is 10.8. The zero-order chi connectivity index (χ0) is 17.0. The van der Waals surface area contributed by atoms with Crippen LogP contribution in [0.2, 0.25) is 0 Å². The van der Waals surface area contributed by atoms with Gasteiger partial charge in [-0.05, 0) is 32.0 Å². The van der Waals surface area contributed by atoms with E-state index in [2.05, 4.69) is 25.9 Å². The highest BCUT2D eigenvalue weighted by Crippen LogP contribution is 2.21. The Kier molecular flexibility index (Phi) is 7.50. The molecule has 0 saturated heterocycles. The van der Waals surface area contributed by atoms with Crippen molar-refractivity contribution in [1.29, 1.82) is 0 Å². The number of aliphatic imine (C=N–C) groups is 2. The maximum absolute atomic E-state index is 5.87. The Balaban J connectivity index is 0.00000288. The summed E-state index contributed by atoms with van der Waals surface area (Å²) >= 11 is 3.41. The van der Waals surface area contributed by atoms with Gasteiger partial charge in [0.25, 0.3) is 0 Å². The van der Waals surface area contributed by atoms with Gasteiger partial charge >= 0.3 is 0 Å². The van der Waals surface area contributed by atoms with Crippen LogP contribution in [0, 0.1) is 5.92 Å². The molecule has 1 aromatic rings. The number of benzene rings is 1. The summed E-state index contributed by atoms with van der Waals surface area (Å²) in [6.07, 6.45) is 0. The third-order valence-corrected chi connectivity index (χ3v) is 3.63. The lowest BCUT2D eigenvalue weighted by molar-refractivity contribution is -0.167. The molecule has 1 aliphatic heterocycles. The SMILES string of the molecule is Br.C[C@@H](COc1cccc(Br)c1)CON1C(N)=NC(N)=NC1(C)C. The average molecular weight is 465 g/mol. The van der Waals surface area contributed by atoms with Crippen LogP contribution < -0.4 is 16.2 Å². The van der Waals surface area contributed by atoms with E-state index < -0.39 is 5.66 Å². The Hall–Kier alpha value is -1.32. The maximum Gasteiger partial charge on any atom is 0.226 e. The summed E-state index contributed by atoms with van der Waals surface area (Å²) in [6, 6.07) is 7.71. The van der Waals surface area contributed by atoms with Crippen LogP contribution >= 0.6 is 32.9 Å². The topological polar surface area (TPSA) is 98.5 Å². The van der Waals surface area contributed by atoms with Crippen molar-refractivity contribution >= 4 is 44.8 Å². The second-order valence-corrected chi connectivity index (χ2v) is 6.81. The van der Waals surface area contributed by atoms with Gasteiger partial charge < -0.3 is 16.2 Å². The molecule has 1 aliphatic rings. The molecule has 0 aliphatic carbocycles. The molecule has 0 aromatic heterocycles. The molecule has 1 atom stereocenters. The van der Waals surface area contributed by atoms with Crippen molar-refractivity contribution in [1.82, 2.24) is 5.06 Å². The molecule has 0 fully saturated rings. The van der Waals surface area contributed by atoms with Crippen LogP contribution in [0.3, 0.4) is 0 Å². The molecule has 4 N–H and O–H groups in total. The zero-order valence-electron chi connectivity index (χ0n) is 13.9. The lowest BCUT2D eigenvalue weighted by Gasteiger charge is -2.37. The van der Waals surface area contributed by atoms with E-state index in [0.717, 1.165) is 10.2 Å². The Labute approximate surface area is 161 Å². The van der Waals surface area contributed by atoms with Gasteiger partial charge in [0, 0.05) is 10.4 Å². The van der Waals surface area contributed by atoms with Crippen molar-refractivity contribution in [3.8, 4) is 5.75 Å². The van der Waals surface area contributed by atoms with Crippen LogP contribution in [-0.2, 0) is 4.84 Å². The number of ether oxygens (including phenoxy) is 1. The predicted molar refractivity (Wildman–Crippen MR) is 104 cm³/mol. The molecular formula is C15H23Br2N5O2. The monoisotopic (exact) mass is 463 g/mol. The number of hydrogen-bond donors (Lipinski definition) is 2. The first kappa shape index (κ1) is 20.7. The number of nitrogens with two attached hydrogens (primary N) is 2. The van der Waals surface area contributed by atoms with Crippen LogP contribution in [0.15, 0.2) is 38.7 Å². The molecule has 0 saturated carbocycles. The van der Waals surface area contributed by atoms with Crippen molar-refractivity contribution in [2.45, 2.75) is 26.4 Å². The standard InChI is InChI=1S/C15H22BrN5O2.BrH/c1-10(8-22-12-6-4-5-11(16)7-12)9-23-21-14(18)19-13(17)20-15(21,2)3;/h4-7,10H,8-9H2,1-3H3,(H4,17,18,19,20);1H/t10-;/m0./s1. The number of hydrogen-bond acceptors (Lipinski definition) is 7. The molecule has 9 heteroatoms. The van der Waals surface area contributed by atoms with Crippen molar-refractivity contribution in [3.05, 3.63) is 28.7 Å². The fourth-order valence-electron chi connectivity index (χ4n) is 2.06. The summed E-state index contributed by atoms with van der Waals surface area (Å²) in [4.78, 5) is 13.9. The van der Waals surface area contributed by atoms with Gasteiger partial charge in [0.1, 0.15) is 5.75 Å². The first-order valence-electron chi connectivity index (χ1n) is 7.29. The van der Waals surface area contributed by atoms with Crippen molar-refractivity contribution in [2.75, 3.05) is 13.2 Å². The Morgan fingerprint density at radius 2 is 2.00 bits per heavy atom. The predicted octanol–water partition coefficient (Wildman–Crippen LogP) is 2.65. The second-order valence-electron chi connectivity index (χ2n) is 5.90. The Bertz CT molecular complexity index is 622. The minimum absolute atomic E-state index is 0. The Morgan fingerprint density at radius 1 is 1.29 bits per heavy atom. The minimum atomic E-state index is -0.694. The van der Waals surface area contributed by atoms with Gasteiger partial charge in [0.2, 0.25) is 11.9 Å². The maximum atomic E-state index is 5.87. The van der Waals surface area contributed by atoms with Gasteiger partial charge in [-0.25, -0.2) is 4.99 Å². The van der Waals surface area contributed by atoms with E-state index in [4.69, 9.17) is 21.0 Å². The Morgan fingerprint density at radius 3 is 2.62 bits per heavy atom. The number of nitrogens with zero attached hydrogens (tertiary/aromatic N) is 3. The van der Waals surface area contributed by atoms with Crippen molar-refractivity contribution in [2.24, 2.45) is 27.4 Å². The van der Waals surface area contributed by atoms with E-state index in [1.165, 1.54) is 5.06 Å². The van der Waals surface area contributed by atoms with Crippen LogP contribution in [0.5, 0.6) is 5.75 Å². The average Bonchev–Trinajstić information content (AvgIpc) is 2.43. The number of rotatable bonds is 6. The largest absolute Gasteiger partial charge is 0.493 e. The van der Waals surface area contributed by atoms with E-state index in [9.17, 15) is 0 Å². The molecule has 0 unspecified atom stereocenters. The van der Waals surface area contributed by atoms with Crippen molar-refractivity contribution < 1.29 is 9.57 Å². The van der Waals surface area contributed by atoms with Crippen LogP contribution in [0.25, 0.3) is 0 Å². The summed E-state index contributed by atoms with van der Waals surface area (Å²) in [5.74, 6) is 1.31. The van der Waals surface area contributed by atoms with Gasteiger partial charge in [-0.1, -0.05) is 28.9 Å². The third-order valence-electron chi connectivity index (χ3n) is 3.14. The summed E-state index contributed by atoms with van der Waals surface area (Å²) in [5, 5.41) is 1.47. The zero-order valence-corrected chi connectivity index (χ0v) is 17.2. The number of guanidine groups is 2. The van der Waals surface area contributed by atoms with Crippen molar-refractivity contribution in [3.63, 3.8) is 0 Å². The lowest BCUT2D eigenvalue weighted by atomic mass is 10.2. The molecule has 1 heterocycles.